The molecule has 0 unspecified atom stereocenters. The summed E-state index contributed by atoms with van der Waals surface area (Å²) in [6.07, 6.45) is 0.944. The molecule has 3 rings (SSSR count). The van der Waals surface area contributed by atoms with Gasteiger partial charge in [-0.25, -0.2) is 4.39 Å². The molecule has 0 aliphatic carbocycles. The molecule has 2 aromatic carbocycles. The van der Waals surface area contributed by atoms with Crippen molar-refractivity contribution >= 4 is 11.6 Å². The van der Waals surface area contributed by atoms with E-state index in [1.165, 1.54) is 22.5 Å². The molecule has 0 saturated carbocycles. The van der Waals surface area contributed by atoms with Crippen LogP contribution in [0.15, 0.2) is 48.5 Å². The number of hydrogen-bond acceptors (Lipinski definition) is 4. The quantitative estimate of drug-likeness (QED) is 0.783. The molecule has 0 atom stereocenters. The maximum absolute atomic E-state index is 13.2. The fourth-order valence-electron chi connectivity index (χ4n) is 2.21. The third-order valence-electron chi connectivity index (χ3n) is 3.47. The van der Waals surface area contributed by atoms with Crippen LogP contribution < -0.4 is 5.32 Å². The highest BCUT2D eigenvalue weighted by Gasteiger charge is 2.10. The van der Waals surface area contributed by atoms with Crippen LogP contribution in [0.25, 0.3) is 11.4 Å². The molecular weight excluding hydrogens is 309 g/mol. The topological polar surface area (TPSA) is 72.7 Å². The molecule has 0 bridgehead atoms. The molecule has 7 heteroatoms. The number of amides is 1. The molecule has 122 valence electrons. The van der Waals surface area contributed by atoms with Crippen LogP contribution in [0, 0.1) is 5.82 Å². The lowest BCUT2D eigenvalue weighted by atomic mass is 10.1. The van der Waals surface area contributed by atoms with Gasteiger partial charge in [-0.05, 0) is 41.5 Å². The summed E-state index contributed by atoms with van der Waals surface area (Å²) >= 11 is 0. The van der Waals surface area contributed by atoms with Gasteiger partial charge in [0.25, 0.3) is 0 Å². The average molecular weight is 325 g/mol. The van der Waals surface area contributed by atoms with Crippen molar-refractivity contribution in [3.8, 4) is 11.4 Å². The summed E-state index contributed by atoms with van der Waals surface area (Å²) < 4.78 is 13.2. The van der Waals surface area contributed by atoms with Crippen molar-refractivity contribution < 1.29 is 9.18 Å². The molecule has 1 aromatic heterocycles. The molecular formula is C17H16FN5O. The van der Waals surface area contributed by atoms with Crippen molar-refractivity contribution in [1.82, 2.24) is 20.2 Å². The SMILES string of the molecule is CCc1ccc(NC(=O)Cn2nnc(-c3cccc(F)c3)n2)cc1. The molecule has 0 saturated heterocycles. The van der Waals surface area contributed by atoms with Gasteiger partial charge in [-0.1, -0.05) is 31.2 Å². The van der Waals surface area contributed by atoms with Gasteiger partial charge in [0, 0.05) is 11.3 Å². The van der Waals surface area contributed by atoms with E-state index in [2.05, 4.69) is 27.7 Å². The van der Waals surface area contributed by atoms with Crippen molar-refractivity contribution in [3.05, 3.63) is 59.9 Å². The lowest BCUT2D eigenvalue weighted by molar-refractivity contribution is -0.117. The third kappa shape index (κ3) is 3.81. The molecule has 3 aromatic rings. The molecule has 1 N–H and O–H groups in total. The number of carbonyl (C=O) groups excluding carboxylic acids is 1. The Kier molecular flexibility index (Phi) is 4.60. The summed E-state index contributed by atoms with van der Waals surface area (Å²) in [5.41, 5.74) is 2.42. The van der Waals surface area contributed by atoms with Gasteiger partial charge in [0.05, 0.1) is 0 Å². The van der Waals surface area contributed by atoms with E-state index in [1.807, 2.05) is 24.3 Å². The largest absolute Gasteiger partial charge is 0.324 e. The minimum atomic E-state index is -0.378. The zero-order valence-corrected chi connectivity index (χ0v) is 13.1. The van der Waals surface area contributed by atoms with Crippen LogP contribution in [0.1, 0.15) is 12.5 Å². The van der Waals surface area contributed by atoms with E-state index in [-0.39, 0.29) is 24.1 Å². The second kappa shape index (κ2) is 6.99. The Morgan fingerprint density at radius 2 is 2.00 bits per heavy atom. The van der Waals surface area contributed by atoms with Crippen LogP contribution in [0.5, 0.6) is 0 Å². The van der Waals surface area contributed by atoms with E-state index in [0.29, 0.717) is 11.3 Å². The van der Waals surface area contributed by atoms with E-state index in [0.717, 1.165) is 6.42 Å². The van der Waals surface area contributed by atoms with Crippen molar-refractivity contribution in [2.45, 2.75) is 19.9 Å². The highest BCUT2D eigenvalue weighted by molar-refractivity contribution is 5.90. The Labute approximate surface area is 138 Å². The van der Waals surface area contributed by atoms with Gasteiger partial charge < -0.3 is 5.32 Å². The first-order valence-electron chi connectivity index (χ1n) is 7.56. The fraction of sp³-hybridized carbons (Fsp3) is 0.176. The Bertz CT molecular complexity index is 844. The van der Waals surface area contributed by atoms with Crippen LogP contribution in [0.2, 0.25) is 0 Å². The average Bonchev–Trinajstić information content (AvgIpc) is 3.04. The molecule has 0 aliphatic heterocycles. The number of rotatable bonds is 5. The molecule has 24 heavy (non-hydrogen) atoms. The predicted octanol–water partition coefficient (Wildman–Crippen LogP) is 2.68. The number of hydrogen-bond donors (Lipinski definition) is 1. The normalized spacial score (nSPS) is 10.6. The van der Waals surface area contributed by atoms with Crippen molar-refractivity contribution in [2.75, 3.05) is 5.32 Å². The lowest BCUT2D eigenvalue weighted by Gasteiger charge is -2.05. The van der Waals surface area contributed by atoms with Crippen LogP contribution in [0.3, 0.4) is 0 Å². The number of carbonyl (C=O) groups is 1. The van der Waals surface area contributed by atoms with Crippen molar-refractivity contribution in [3.63, 3.8) is 0 Å². The minimum Gasteiger partial charge on any atom is -0.324 e. The van der Waals surface area contributed by atoms with E-state index in [9.17, 15) is 9.18 Å². The fourth-order valence-corrected chi connectivity index (χ4v) is 2.21. The van der Waals surface area contributed by atoms with E-state index in [1.54, 1.807) is 12.1 Å². The van der Waals surface area contributed by atoms with Gasteiger partial charge >= 0.3 is 0 Å². The molecule has 0 spiro atoms. The first-order chi connectivity index (χ1) is 11.6. The van der Waals surface area contributed by atoms with Gasteiger partial charge in [0.2, 0.25) is 11.7 Å². The Morgan fingerprint density at radius 1 is 1.21 bits per heavy atom. The lowest BCUT2D eigenvalue weighted by Crippen LogP contribution is -2.20. The van der Waals surface area contributed by atoms with Gasteiger partial charge in [0.15, 0.2) is 0 Å². The zero-order chi connectivity index (χ0) is 16.9. The predicted molar refractivity (Wildman–Crippen MR) is 87.7 cm³/mol. The van der Waals surface area contributed by atoms with E-state index >= 15 is 0 Å². The van der Waals surface area contributed by atoms with E-state index < -0.39 is 0 Å². The number of anilines is 1. The van der Waals surface area contributed by atoms with Crippen LogP contribution >= 0.6 is 0 Å². The number of aryl methyl sites for hydroxylation is 1. The summed E-state index contributed by atoms with van der Waals surface area (Å²) in [5, 5.41) is 14.5. The van der Waals surface area contributed by atoms with Gasteiger partial charge in [-0.2, -0.15) is 4.80 Å². The second-order valence-electron chi connectivity index (χ2n) is 5.25. The smallest absolute Gasteiger partial charge is 0.248 e. The maximum atomic E-state index is 13.2. The number of halogens is 1. The first kappa shape index (κ1) is 15.8. The van der Waals surface area contributed by atoms with Crippen LogP contribution in [0.4, 0.5) is 10.1 Å². The highest BCUT2D eigenvalue weighted by Crippen LogP contribution is 2.14. The van der Waals surface area contributed by atoms with Gasteiger partial charge in [-0.15, -0.1) is 10.2 Å². The van der Waals surface area contributed by atoms with E-state index in [4.69, 9.17) is 0 Å². The van der Waals surface area contributed by atoms with Gasteiger partial charge in [-0.3, -0.25) is 4.79 Å². The summed E-state index contributed by atoms with van der Waals surface area (Å²) in [4.78, 5) is 13.2. The summed E-state index contributed by atoms with van der Waals surface area (Å²) in [5.74, 6) is -0.367. The zero-order valence-electron chi connectivity index (χ0n) is 13.1. The molecule has 1 amide bonds. The molecule has 0 radical (unpaired) electrons. The highest BCUT2D eigenvalue weighted by atomic mass is 19.1. The Balaban J connectivity index is 1.64. The monoisotopic (exact) mass is 325 g/mol. The van der Waals surface area contributed by atoms with Gasteiger partial charge in [0.1, 0.15) is 12.4 Å². The third-order valence-corrected chi connectivity index (χ3v) is 3.47. The number of nitrogens with one attached hydrogen (secondary N) is 1. The summed E-state index contributed by atoms with van der Waals surface area (Å²) in [6.45, 7) is 2.00. The molecule has 0 fully saturated rings. The number of tetrazole rings is 1. The summed E-state index contributed by atoms with van der Waals surface area (Å²) in [6, 6.07) is 13.5. The van der Waals surface area contributed by atoms with Crippen LogP contribution in [-0.4, -0.2) is 26.1 Å². The standard InChI is InChI=1S/C17H16FN5O/c1-2-12-6-8-15(9-7-12)19-16(24)11-23-21-17(20-22-23)13-4-3-5-14(18)10-13/h3-10H,2,11H2,1H3,(H,19,24). The molecule has 1 heterocycles. The second-order valence-corrected chi connectivity index (χ2v) is 5.25. The maximum Gasteiger partial charge on any atom is 0.248 e. The number of aromatic nitrogens is 4. The first-order valence-corrected chi connectivity index (χ1v) is 7.56. The summed E-state index contributed by atoms with van der Waals surface area (Å²) in [7, 11) is 0. The number of nitrogens with zero attached hydrogens (tertiary/aromatic N) is 4. The van der Waals surface area contributed by atoms with Crippen molar-refractivity contribution in [2.24, 2.45) is 0 Å². The minimum absolute atomic E-state index is 0.0716. The Hall–Kier alpha value is -3.09. The molecule has 6 nitrogen and oxygen atoms in total. The number of benzene rings is 2. The van der Waals surface area contributed by atoms with Crippen molar-refractivity contribution in [1.29, 1.82) is 0 Å². The van der Waals surface area contributed by atoms with Crippen LogP contribution in [-0.2, 0) is 17.8 Å². The Morgan fingerprint density at radius 3 is 2.71 bits per heavy atom. The molecule has 0 aliphatic rings.